The zero-order valence-electron chi connectivity index (χ0n) is 14.2. The number of amides is 1. The van der Waals surface area contributed by atoms with Crippen molar-refractivity contribution in [1.82, 2.24) is 14.9 Å². The molecule has 5 rings (SSSR count). The summed E-state index contributed by atoms with van der Waals surface area (Å²) in [6.45, 7) is 0.688. The number of hydrogen-bond acceptors (Lipinski definition) is 4. The van der Waals surface area contributed by atoms with E-state index in [1.165, 1.54) is 16.7 Å². The Bertz CT molecular complexity index is 899. The third kappa shape index (κ3) is 2.98. The Morgan fingerprint density at radius 1 is 1.27 bits per heavy atom. The van der Waals surface area contributed by atoms with Crippen LogP contribution in [0.5, 0.6) is 5.75 Å². The van der Waals surface area contributed by atoms with Crippen molar-refractivity contribution in [3.05, 3.63) is 63.4 Å². The van der Waals surface area contributed by atoms with Gasteiger partial charge in [0.1, 0.15) is 11.6 Å². The summed E-state index contributed by atoms with van der Waals surface area (Å²) in [7, 11) is 0. The van der Waals surface area contributed by atoms with E-state index in [-0.39, 0.29) is 18.1 Å². The van der Waals surface area contributed by atoms with Crippen molar-refractivity contribution in [2.45, 2.75) is 38.8 Å². The minimum Gasteiger partial charge on any atom is -0.501 e. The number of benzene rings is 1. The molecule has 1 amide bonds. The number of aromatic nitrogens is 2. The standard InChI is InChI=1S/C19H19FN3O3/c20-14-7-3-11(4-8-14)9-21-18(25)15-16(24)19(26)23-10-12-1-5-13(6-2-12)17(23)22-15/h3-4,7-8,12,24H,1-2,5-6,9-10H2,(H,21,25). The van der Waals surface area contributed by atoms with Crippen LogP contribution in [0.2, 0.25) is 0 Å². The number of nitrogens with zero attached hydrogens (tertiary/aromatic N) is 2. The van der Waals surface area contributed by atoms with E-state index in [1.54, 1.807) is 12.1 Å². The normalized spacial score (nSPS) is 17.0. The zero-order chi connectivity index (χ0) is 18.3. The molecular weight excluding hydrogens is 337 g/mol. The van der Waals surface area contributed by atoms with Crippen molar-refractivity contribution in [3.8, 4) is 5.75 Å². The Kier molecular flexibility index (Phi) is 4.22. The summed E-state index contributed by atoms with van der Waals surface area (Å²) in [5, 5.41) is 12.9. The highest BCUT2D eigenvalue weighted by molar-refractivity contribution is 5.94. The van der Waals surface area contributed by atoms with E-state index >= 15 is 0 Å². The van der Waals surface area contributed by atoms with Gasteiger partial charge in [-0.25, -0.2) is 9.37 Å². The smallest absolute Gasteiger partial charge is 0.296 e. The number of aromatic hydroxyl groups is 1. The van der Waals surface area contributed by atoms with Crippen LogP contribution in [0, 0.1) is 17.7 Å². The number of fused-ring (bicyclic) bond motifs is 2. The molecule has 1 aromatic heterocycles. The minimum absolute atomic E-state index is 0.150. The van der Waals surface area contributed by atoms with Crippen molar-refractivity contribution >= 4 is 5.91 Å². The molecule has 3 aliphatic rings. The summed E-state index contributed by atoms with van der Waals surface area (Å²) < 4.78 is 14.5. The van der Waals surface area contributed by atoms with Crippen LogP contribution in [0.15, 0.2) is 29.1 Å². The molecule has 135 valence electrons. The Morgan fingerprint density at radius 2 is 1.96 bits per heavy atom. The maximum Gasteiger partial charge on any atom is 0.296 e. The maximum atomic E-state index is 12.9. The molecule has 2 aliphatic heterocycles. The Balaban J connectivity index is 1.61. The van der Waals surface area contributed by atoms with Crippen LogP contribution in [-0.4, -0.2) is 20.6 Å². The fraction of sp³-hybridized carbons (Fsp3) is 0.368. The molecule has 0 spiro atoms. The van der Waals surface area contributed by atoms with Gasteiger partial charge in [-0.05, 0) is 49.3 Å². The zero-order valence-corrected chi connectivity index (χ0v) is 14.2. The monoisotopic (exact) mass is 356 g/mol. The van der Waals surface area contributed by atoms with Crippen LogP contribution in [0.25, 0.3) is 0 Å². The van der Waals surface area contributed by atoms with Crippen LogP contribution in [0.3, 0.4) is 0 Å². The maximum absolute atomic E-state index is 12.9. The van der Waals surface area contributed by atoms with Gasteiger partial charge < -0.3 is 10.4 Å². The van der Waals surface area contributed by atoms with E-state index in [2.05, 4.69) is 10.3 Å². The molecule has 0 unspecified atom stereocenters. The molecule has 1 saturated carbocycles. The van der Waals surface area contributed by atoms with E-state index in [4.69, 9.17) is 0 Å². The molecule has 0 atom stereocenters. The van der Waals surface area contributed by atoms with Gasteiger partial charge in [-0.1, -0.05) is 12.1 Å². The van der Waals surface area contributed by atoms with Crippen molar-refractivity contribution in [1.29, 1.82) is 0 Å². The second-order valence-corrected chi connectivity index (χ2v) is 6.90. The van der Waals surface area contributed by atoms with E-state index in [0.29, 0.717) is 23.9 Å². The average Bonchev–Trinajstić information content (AvgIpc) is 2.93. The molecule has 2 bridgehead atoms. The number of nitrogens with one attached hydrogen (secondary N) is 1. The van der Waals surface area contributed by atoms with Gasteiger partial charge in [-0.2, -0.15) is 0 Å². The average molecular weight is 356 g/mol. The van der Waals surface area contributed by atoms with Gasteiger partial charge in [0.2, 0.25) is 5.75 Å². The largest absolute Gasteiger partial charge is 0.501 e. The Labute approximate surface area is 149 Å². The highest BCUT2D eigenvalue weighted by atomic mass is 19.1. The summed E-state index contributed by atoms with van der Waals surface area (Å²) in [4.78, 5) is 29.4. The van der Waals surface area contributed by atoms with Crippen LogP contribution < -0.4 is 10.9 Å². The van der Waals surface area contributed by atoms with Gasteiger partial charge in [0, 0.05) is 19.0 Å². The van der Waals surface area contributed by atoms with Gasteiger partial charge in [0.15, 0.2) is 5.69 Å². The van der Waals surface area contributed by atoms with Crippen LogP contribution in [0.4, 0.5) is 4.39 Å². The number of rotatable bonds is 3. The lowest BCUT2D eigenvalue weighted by Crippen LogP contribution is -2.31. The molecular formula is C19H19FN3O3. The molecule has 2 aromatic rings. The molecule has 26 heavy (non-hydrogen) atoms. The first-order valence-electron chi connectivity index (χ1n) is 8.74. The first-order valence-corrected chi connectivity index (χ1v) is 8.74. The predicted molar refractivity (Wildman–Crippen MR) is 92.0 cm³/mol. The molecule has 3 heterocycles. The quantitative estimate of drug-likeness (QED) is 0.883. The fourth-order valence-corrected chi connectivity index (χ4v) is 3.70. The van der Waals surface area contributed by atoms with E-state index in [0.717, 1.165) is 31.6 Å². The summed E-state index contributed by atoms with van der Waals surface area (Å²) in [6.07, 6.45) is 3.76. The Morgan fingerprint density at radius 3 is 2.65 bits per heavy atom. The summed E-state index contributed by atoms with van der Waals surface area (Å²) >= 11 is 0. The second kappa shape index (κ2) is 6.55. The third-order valence-corrected chi connectivity index (χ3v) is 5.19. The molecule has 1 aromatic carbocycles. The fourth-order valence-electron chi connectivity index (χ4n) is 3.70. The summed E-state index contributed by atoms with van der Waals surface area (Å²) in [5.41, 5.74) is -0.104. The molecule has 6 nitrogen and oxygen atoms in total. The lowest BCUT2D eigenvalue weighted by atomic mass is 9.83. The highest BCUT2D eigenvalue weighted by Crippen LogP contribution is 2.38. The first-order chi connectivity index (χ1) is 12.5. The minimum atomic E-state index is -0.619. The summed E-state index contributed by atoms with van der Waals surface area (Å²) in [6, 6.07) is 5.73. The van der Waals surface area contributed by atoms with Gasteiger partial charge in [0.25, 0.3) is 11.5 Å². The molecule has 1 radical (unpaired) electrons. The molecule has 7 heteroatoms. The van der Waals surface area contributed by atoms with Crippen LogP contribution >= 0.6 is 0 Å². The van der Waals surface area contributed by atoms with Gasteiger partial charge in [-0.15, -0.1) is 0 Å². The van der Waals surface area contributed by atoms with Gasteiger partial charge >= 0.3 is 0 Å². The van der Waals surface area contributed by atoms with E-state index in [1.807, 2.05) is 0 Å². The molecule has 0 saturated heterocycles. The van der Waals surface area contributed by atoms with Gasteiger partial charge in [0.05, 0.1) is 0 Å². The molecule has 2 N–H and O–H groups in total. The second-order valence-electron chi connectivity index (χ2n) is 6.90. The summed E-state index contributed by atoms with van der Waals surface area (Å²) in [5.74, 6) is 0.421. The van der Waals surface area contributed by atoms with Gasteiger partial charge in [-0.3, -0.25) is 14.2 Å². The Hall–Kier alpha value is -2.70. The molecule has 1 aliphatic carbocycles. The lowest BCUT2D eigenvalue weighted by molar-refractivity contribution is 0.0942. The first kappa shape index (κ1) is 16.8. The topological polar surface area (TPSA) is 84.2 Å². The molecule has 1 fully saturated rings. The number of hydrogen-bond donors (Lipinski definition) is 2. The van der Waals surface area contributed by atoms with Crippen molar-refractivity contribution in [2.24, 2.45) is 5.92 Å². The van der Waals surface area contributed by atoms with Crippen molar-refractivity contribution in [2.75, 3.05) is 0 Å². The van der Waals surface area contributed by atoms with E-state index in [9.17, 15) is 19.1 Å². The lowest BCUT2D eigenvalue weighted by Gasteiger charge is -2.20. The van der Waals surface area contributed by atoms with Crippen LogP contribution in [0.1, 0.15) is 47.6 Å². The highest BCUT2D eigenvalue weighted by Gasteiger charge is 2.34. The number of carbonyl (C=O) groups is 1. The van der Waals surface area contributed by atoms with Crippen molar-refractivity contribution < 1.29 is 14.3 Å². The van der Waals surface area contributed by atoms with Crippen molar-refractivity contribution in [3.63, 3.8) is 0 Å². The third-order valence-electron chi connectivity index (χ3n) is 5.19. The number of halogens is 1. The predicted octanol–water partition coefficient (Wildman–Crippen LogP) is 2.14. The van der Waals surface area contributed by atoms with Crippen LogP contribution in [-0.2, 0) is 13.1 Å². The SMILES string of the molecule is O=C(NCc1ccc(F)cc1)c1nc2n(c(=O)c1O)CC1CC[C]2CC1. The number of carbonyl (C=O) groups excluding carboxylic acids is 1. The van der Waals surface area contributed by atoms with E-state index < -0.39 is 17.2 Å².